The van der Waals surface area contributed by atoms with Crippen LogP contribution in [0, 0.1) is 0 Å². The van der Waals surface area contributed by atoms with Gasteiger partial charge in [0.25, 0.3) is 5.56 Å². The average Bonchev–Trinajstić information content (AvgIpc) is 2.41. The van der Waals surface area contributed by atoms with E-state index in [1.54, 1.807) is 24.0 Å². The molecule has 1 saturated heterocycles. The van der Waals surface area contributed by atoms with Crippen molar-refractivity contribution in [2.75, 3.05) is 18.0 Å². The summed E-state index contributed by atoms with van der Waals surface area (Å²) in [6, 6.07) is 0.801. The Bertz CT molecular complexity index is 457. The molecular formula is C13H22N4O. The molecule has 2 atom stereocenters. The highest BCUT2D eigenvalue weighted by Crippen LogP contribution is 2.16. The van der Waals surface area contributed by atoms with Crippen LogP contribution in [0.2, 0.25) is 0 Å². The molecule has 2 heterocycles. The molecule has 5 heteroatoms. The molecule has 5 nitrogen and oxygen atoms in total. The Labute approximate surface area is 108 Å². The van der Waals surface area contributed by atoms with Crippen molar-refractivity contribution in [3.63, 3.8) is 0 Å². The van der Waals surface area contributed by atoms with Crippen molar-refractivity contribution in [3.8, 4) is 0 Å². The first-order valence-corrected chi connectivity index (χ1v) is 6.69. The smallest absolute Gasteiger partial charge is 0.293 e. The molecule has 0 amide bonds. The SMILES string of the molecule is CCC1CN(c2nccn(C)c2=O)C(CC)CN1. The number of hydrogen-bond donors (Lipinski definition) is 1. The lowest BCUT2D eigenvalue weighted by Gasteiger charge is -2.40. The van der Waals surface area contributed by atoms with Crippen LogP contribution in [0.3, 0.4) is 0 Å². The fourth-order valence-electron chi connectivity index (χ4n) is 2.44. The Morgan fingerprint density at radius 3 is 2.89 bits per heavy atom. The number of rotatable bonds is 3. The molecule has 0 aliphatic carbocycles. The van der Waals surface area contributed by atoms with E-state index in [9.17, 15) is 4.79 Å². The quantitative estimate of drug-likeness (QED) is 0.860. The lowest BCUT2D eigenvalue weighted by molar-refractivity contribution is 0.375. The first kappa shape index (κ1) is 13.1. The molecule has 0 radical (unpaired) electrons. The van der Waals surface area contributed by atoms with E-state index in [0.29, 0.717) is 17.9 Å². The maximum absolute atomic E-state index is 12.2. The van der Waals surface area contributed by atoms with Crippen molar-refractivity contribution in [2.24, 2.45) is 7.05 Å². The second kappa shape index (κ2) is 5.52. The van der Waals surface area contributed by atoms with E-state index in [1.165, 1.54) is 0 Å². The highest BCUT2D eigenvalue weighted by molar-refractivity contribution is 5.38. The third-order valence-corrected chi connectivity index (χ3v) is 3.73. The second-order valence-corrected chi connectivity index (χ2v) is 4.89. The van der Waals surface area contributed by atoms with Gasteiger partial charge in [0.05, 0.1) is 0 Å². The minimum absolute atomic E-state index is 0.00676. The van der Waals surface area contributed by atoms with Crippen LogP contribution in [-0.4, -0.2) is 34.7 Å². The number of anilines is 1. The van der Waals surface area contributed by atoms with E-state index in [2.05, 4.69) is 29.0 Å². The van der Waals surface area contributed by atoms with Gasteiger partial charge in [0.15, 0.2) is 5.82 Å². The molecule has 2 unspecified atom stereocenters. The van der Waals surface area contributed by atoms with Gasteiger partial charge in [-0.1, -0.05) is 13.8 Å². The topological polar surface area (TPSA) is 50.2 Å². The predicted molar refractivity (Wildman–Crippen MR) is 73.0 cm³/mol. The summed E-state index contributed by atoms with van der Waals surface area (Å²) < 4.78 is 1.60. The zero-order valence-corrected chi connectivity index (χ0v) is 11.4. The lowest BCUT2D eigenvalue weighted by Crippen LogP contribution is -2.57. The molecular weight excluding hydrogens is 228 g/mol. The summed E-state index contributed by atoms with van der Waals surface area (Å²) in [5.74, 6) is 0.590. The normalized spacial score (nSPS) is 24.3. The zero-order valence-electron chi connectivity index (χ0n) is 11.4. The summed E-state index contributed by atoms with van der Waals surface area (Å²) in [6.45, 7) is 6.10. The van der Waals surface area contributed by atoms with Crippen LogP contribution in [0.1, 0.15) is 26.7 Å². The molecule has 100 valence electrons. The Morgan fingerprint density at radius 2 is 2.22 bits per heavy atom. The largest absolute Gasteiger partial charge is 0.346 e. The first-order valence-electron chi connectivity index (χ1n) is 6.69. The molecule has 1 aromatic rings. The minimum Gasteiger partial charge on any atom is -0.346 e. The van der Waals surface area contributed by atoms with E-state index in [1.807, 2.05) is 0 Å². The van der Waals surface area contributed by atoms with Crippen LogP contribution >= 0.6 is 0 Å². The van der Waals surface area contributed by atoms with E-state index >= 15 is 0 Å². The summed E-state index contributed by atoms with van der Waals surface area (Å²) in [6.07, 6.45) is 5.49. The van der Waals surface area contributed by atoms with E-state index in [-0.39, 0.29) is 5.56 Å². The predicted octanol–water partition coefficient (Wildman–Crippen LogP) is 0.747. The molecule has 0 bridgehead atoms. The van der Waals surface area contributed by atoms with Crippen molar-refractivity contribution in [1.29, 1.82) is 0 Å². The number of piperazine rings is 1. The van der Waals surface area contributed by atoms with Gasteiger partial charge in [-0.15, -0.1) is 0 Å². The van der Waals surface area contributed by atoms with Crippen molar-refractivity contribution < 1.29 is 0 Å². The average molecular weight is 250 g/mol. The Balaban J connectivity index is 2.32. The van der Waals surface area contributed by atoms with Gasteiger partial charge in [-0.25, -0.2) is 4.98 Å². The number of hydrogen-bond acceptors (Lipinski definition) is 4. The molecule has 1 aromatic heterocycles. The van der Waals surface area contributed by atoms with Crippen LogP contribution in [-0.2, 0) is 7.05 Å². The Kier molecular flexibility index (Phi) is 4.01. The Hall–Kier alpha value is -1.36. The summed E-state index contributed by atoms with van der Waals surface area (Å²) in [7, 11) is 1.77. The van der Waals surface area contributed by atoms with Crippen LogP contribution in [0.5, 0.6) is 0 Å². The molecule has 1 N–H and O–H groups in total. The van der Waals surface area contributed by atoms with Crippen molar-refractivity contribution in [2.45, 2.75) is 38.8 Å². The second-order valence-electron chi connectivity index (χ2n) is 4.89. The molecule has 0 spiro atoms. The maximum Gasteiger partial charge on any atom is 0.293 e. The fraction of sp³-hybridized carbons (Fsp3) is 0.692. The van der Waals surface area contributed by atoms with Crippen LogP contribution in [0.15, 0.2) is 17.2 Å². The van der Waals surface area contributed by atoms with Gasteiger partial charge >= 0.3 is 0 Å². The highest BCUT2D eigenvalue weighted by atomic mass is 16.1. The zero-order chi connectivity index (χ0) is 13.1. The summed E-state index contributed by atoms with van der Waals surface area (Å²) in [5.41, 5.74) is -0.00676. The molecule has 0 aromatic carbocycles. The standard InChI is InChI=1S/C13H22N4O/c1-4-10-9-17(11(5-2)8-15-10)12-13(18)16(3)7-6-14-12/h6-7,10-11,15H,4-5,8-9H2,1-3H3. The third-order valence-electron chi connectivity index (χ3n) is 3.73. The summed E-state index contributed by atoms with van der Waals surface area (Å²) in [4.78, 5) is 18.6. The van der Waals surface area contributed by atoms with Gasteiger partial charge in [-0.05, 0) is 12.8 Å². The van der Waals surface area contributed by atoms with E-state index < -0.39 is 0 Å². The molecule has 1 aliphatic heterocycles. The van der Waals surface area contributed by atoms with Crippen LogP contribution in [0.25, 0.3) is 0 Å². The molecule has 2 rings (SSSR count). The molecule has 18 heavy (non-hydrogen) atoms. The van der Waals surface area contributed by atoms with Crippen LogP contribution in [0.4, 0.5) is 5.82 Å². The number of nitrogens with one attached hydrogen (secondary N) is 1. The monoisotopic (exact) mass is 250 g/mol. The highest BCUT2D eigenvalue weighted by Gasteiger charge is 2.28. The van der Waals surface area contributed by atoms with E-state index in [4.69, 9.17) is 0 Å². The number of aromatic nitrogens is 2. The van der Waals surface area contributed by atoms with Gasteiger partial charge < -0.3 is 14.8 Å². The van der Waals surface area contributed by atoms with Gasteiger partial charge in [-0.3, -0.25) is 4.79 Å². The van der Waals surface area contributed by atoms with Gasteiger partial charge in [0.2, 0.25) is 0 Å². The van der Waals surface area contributed by atoms with Crippen molar-refractivity contribution in [3.05, 3.63) is 22.7 Å². The lowest BCUT2D eigenvalue weighted by atomic mass is 10.1. The maximum atomic E-state index is 12.2. The number of nitrogens with zero attached hydrogens (tertiary/aromatic N) is 3. The third kappa shape index (κ3) is 2.41. The van der Waals surface area contributed by atoms with Crippen molar-refractivity contribution >= 4 is 5.82 Å². The van der Waals surface area contributed by atoms with Gasteiger partial charge in [0, 0.05) is 44.6 Å². The van der Waals surface area contributed by atoms with Crippen LogP contribution < -0.4 is 15.8 Å². The minimum atomic E-state index is -0.00676. The molecule has 1 fully saturated rings. The van der Waals surface area contributed by atoms with Crippen molar-refractivity contribution in [1.82, 2.24) is 14.9 Å². The molecule has 1 aliphatic rings. The van der Waals surface area contributed by atoms with Gasteiger partial charge in [0.1, 0.15) is 0 Å². The molecule has 0 saturated carbocycles. The summed E-state index contributed by atoms with van der Waals surface area (Å²) >= 11 is 0. The van der Waals surface area contributed by atoms with E-state index in [0.717, 1.165) is 25.9 Å². The fourth-order valence-corrected chi connectivity index (χ4v) is 2.44. The number of aryl methyl sites for hydroxylation is 1. The Morgan fingerprint density at radius 1 is 1.44 bits per heavy atom. The summed E-state index contributed by atoms with van der Waals surface area (Å²) in [5, 5.41) is 3.53. The first-order chi connectivity index (χ1) is 8.67. The van der Waals surface area contributed by atoms with Gasteiger partial charge in [-0.2, -0.15) is 0 Å².